The predicted octanol–water partition coefficient (Wildman–Crippen LogP) is 1.79. The Morgan fingerprint density at radius 1 is 1.44 bits per heavy atom. The predicted molar refractivity (Wildman–Crippen MR) is 74.5 cm³/mol. The van der Waals surface area contributed by atoms with Crippen LogP contribution in [-0.4, -0.2) is 30.4 Å². The first-order chi connectivity index (χ1) is 8.61. The van der Waals surface area contributed by atoms with Crippen molar-refractivity contribution in [2.75, 3.05) is 19.6 Å². The van der Waals surface area contributed by atoms with Gasteiger partial charge in [0, 0.05) is 13.1 Å². The third kappa shape index (κ3) is 2.74. The lowest BCUT2D eigenvalue weighted by atomic mass is 10.0. The Balaban J connectivity index is 2.08. The number of nitrogens with two attached hydrogens (primary N) is 1. The summed E-state index contributed by atoms with van der Waals surface area (Å²) in [7, 11) is 0. The van der Waals surface area contributed by atoms with Gasteiger partial charge in [0.15, 0.2) is 0 Å². The lowest BCUT2D eigenvalue weighted by Gasteiger charge is -2.14. The molecule has 1 fully saturated rings. The summed E-state index contributed by atoms with van der Waals surface area (Å²) in [6, 6.07) is 3.75. The highest BCUT2D eigenvalue weighted by Gasteiger charge is 2.30. The molecule has 1 aromatic rings. The summed E-state index contributed by atoms with van der Waals surface area (Å²) in [6.07, 6.45) is 0. The van der Waals surface area contributed by atoms with Crippen molar-refractivity contribution >= 4 is 17.2 Å². The largest absolute Gasteiger partial charge is 0.337 e. The molecule has 1 aliphatic rings. The van der Waals surface area contributed by atoms with Crippen LogP contribution in [0.15, 0.2) is 12.1 Å². The van der Waals surface area contributed by atoms with Crippen LogP contribution in [0.1, 0.15) is 28.4 Å². The van der Waals surface area contributed by atoms with Crippen LogP contribution >= 0.6 is 11.3 Å². The van der Waals surface area contributed by atoms with Gasteiger partial charge in [0.05, 0.1) is 16.3 Å². The van der Waals surface area contributed by atoms with Crippen molar-refractivity contribution in [3.63, 3.8) is 0 Å². The van der Waals surface area contributed by atoms with Crippen LogP contribution in [0, 0.1) is 23.7 Å². The smallest absolute Gasteiger partial charge is 0.263 e. The number of nitrogens with zero attached hydrogens (tertiary/aromatic N) is 1. The van der Waals surface area contributed by atoms with Gasteiger partial charge in [-0.05, 0) is 24.0 Å². The number of thiophene rings is 1. The monoisotopic (exact) mass is 262 g/mol. The summed E-state index contributed by atoms with van der Waals surface area (Å²) in [5.74, 6) is 7.08. The summed E-state index contributed by atoms with van der Waals surface area (Å²) in [4.78, 5) is 15.9. The molecule has 0 aromatic carbocycles. The number of hydrogen-bond acceptors (Lipinski definition) is 3. The zero-order chi connectivity index (χ0) is 13.1. The van der Waals surface area contributed by atoms with Gasteiger partial charge in [-0.15, -0.1) is 11.3 Å². The van der Waals surface area contributed by atoms with E-state index >= 15 is 0 Å². The summed E-state index contributed by atoms with van der Waals surface area (Å²) < 4.78 is 0. The van der Waals surface area contributed by atoms with Crippen LogP contribution in [0.2, 0.25) is 0 Å². The zero-order valence-electron chi connectivity index (χ0n) is 10.8. The Hall–Kier alpha value is -1.31. The summed E-state index contributed by atoms with van der Waals surface area (Å²) in [5.41, 5.74) is 5.33. The molecule has 18 heavy (non-hydrogen) atoms. The van der Waals surface area contributed by atoms with E-state index in [1.807, 2.05) is 17.0 Å². The molecule has 0 radical (unpaired) electrons. The first kappa shape index (κ1) is 13.1. The fourth-order valence-corrected chi connectivity index (χ4v) is 2.96. The van der Waals surface area contributed by atoms with Crippen LogP contribution < -0.4 is 5.73 Å². The highest BCUT2D eigenvalue weighted by Crippen LogP contribution is 2.25. The molecule has 2 unspecified atom stereocenters. The normalized spacial score (nSPS) is 22.7. The molecule has 1 amide bonds. The minimum atomic E-state index is 0.136. The topological polar surface area (TPSA) is 46.3 Å². The van der Waals surface area contributed by atoms with Crippen molar-refractivity contribution in [2.24, 2.45) is 17.6 Å². The fourth-order valence-electron chi connectivity index (χ4n) is 2.11. The number of carbonyl (C=O) groups excluding carboxylic acids is 1. The van der Waals surface area contributed by atoms with Crippen LogP contribution in [0.4, 0.5) is 0 Å². The zero-order valence-corrected chi connectivity index (χ0v) is 11.6. The fraction of sp³-hybridized carbons (Fsp3) is 0.500. The molecule has 3 nitrogen and oxygen atoms in total. The molecule has 4 heteroatoms. The van der Waals surface area contributed by atoms with E-state index in [2.05, 4.69) is 25.7 Å². The number of hydrogen-bond donors (Lipinski definition) is 1. The maximum absolute atomic E-state index is 12.3. The molecule has 2 heterocycles. The molecule has 1 saturated heterocycles. The number of amides is 1. The van der Waals surface area contributed by atoms with Gasteiger partial charge in [-0.1, -0.05) is 25.7 Å². The second kappa shape index (κ2) is 5.55. The molecule has 0 bridgehead atoms. The Kier molecular flexibility index (Phi) is 4.05. The highest BCUT2D eigenvalue weighted by atomic mass is 32.1. The molecule has 0 spiro atoms. The van der Waals surface area contributed by atoms with E-state index in [1.165, 1.54) is 11.3 Å². The summed E-state index contributed by atoms with van der Waals surface area (Å²) >= 11 is 1.45. The number of rotatable bonds is 1. The Labute approximate surface area is 112 Å². The van der Waals surface area contributed by atoms with Crippen molar-refractivity contribution in [1.82, 2.24) is 4.90 Å². The van der Waals surface area contributed by atoms with Crippen LogP contribution in [-0.2, 0) is 0 Å². The van der Waals surface area contributed by atoms with Gasteiger partial charge < -0.3 is 10.6 Å². The molecule has 0 aliphatic carbocycles. The van der Waals surface area contributed by atoms with Crippen molar-refractivity contribution in [3.05, 3.63) is 21.9 Å². The SMILES string of the molecule is CC1CN(C(=O)c2ccc(C#CCN)s2)CC1C. The van der Waals surface area contributed by atoms with Gasteiger partial charge in [0.1, 0.15) is 0 Å². The van der Waals surface area contributed by atoms with E-state index in [9.17, 15) is 4.79 Å². The first-order valence-electron chi connectivity index (χ1n) is 6.20. The van der Waals surface area contributed by atoms with Gasteiger partial charge in [-0.25, -0.2) is 0 Å². The van der Waals surface area contributed by atoms with Gasteiger partial charge in [0.2, 0.25) is 0 Å². The van der Waals surface area contributed by atoms with Crippen molar-refractivity contribution in [2.45, 2.75) is 13.8 Å². The van der Waals surface area contributed by atoms with Crippen LogP contribution in [0.5, 0.6) is 0 Å². The van der Waals surface area contributed by atoms with Crippen molar-refractivity contribution in [3.8, 4) is 11.8 Å². The highest BCUT2D eigenvalue weighted by molar-refractivity contribution is 7.14. The number of carbonyl (C=O) groups is 1. The van der Waals surface area contributed by atoms with Gasteiger partial charge in [0.25, 0.3) is 5.91 Å². The second-order valence-electron chi connectivity index (χ2n) is 4.83. The third-order valence-electron chi connectivity index (χ3n) is 3.41. The Morgan fingerprint density at radius 2 is 2.11 bits per heavy atom. The molecule has 1 aromatic heterocycles. The maximum atomic E-state index is 12.3. The van der Waals surface area contributed by atoms with E-state index in [-0.39, 0.29) is 5.91 Å². The van der Waals surface area contributed by atoms with E-state index < -0.39 is 0 Å². The lowest BCUT2D eigenvalue weighted by molar-refractivity contribution is 0.0790. The van der Waals surface area contributed by atoms with E-state index in [0.717, 1.165) is 22.8 Å². The Bertz CT molecular complexity index is 487. The van der Waals surface area contributed by atoms with Gasteiger partial charge in [-0.2, -0.15) is 0 Å². The molecular formula is C14H18N2OS. The van der Waals surface area contributed by atoms with Crippen LogP contribution in [0.25, 0.3) is 0 Å². The quantitative estimate of drug-likeness (QED) is 0.784. The lowest BCUT2D eigenvalue weighted by Crippen LogP contribution is -2.28. The van der Waals surface area contributed by atoms with E-state index in [1.54, 1.807) is 0 Å². The minimum absolute atomic E-state index is 0.136. The van der Waals surface area contributed by atoms with Crippen molar-refractivity contribution in [1.29, 1.82) is 0 Å². The maximum Gasteiger partial charge on any atom is 0.263 e. The molecule has 2 rings (SSSR count). The number of likely N-dealkylation sites (tertiary alicyclic amines) is 1. The third-order valence-corrected chi connectivity index (χ3v) is 4.39. The Morgan fingerprint density at radius 3 is 2.72 bits per heavy atom. The van der Waals surface area contributed by atoms with Gasteiger partial charge >= 0.3 is 0 Å². The average molecular weight is 262 g/mol. The molecule has 2 atom stereocenters. The van der Waals surface area contributed by atoms with E-state index in [0.29, 0.717) is 18.4 Å². The van der Waals surface area contributed by atoms with Crippen LogP contribution in [0.3, 0.4) is 0 Å². The minimum Gasteiger partial charge on any atom is -0.337 e. The molecule has 96 valence electrons. The summed E-state index contributed by atoms with van der Waals surface area (Å²) in [6.45, 7) is 6.47. The summed E-state index contributed by atoms with van der Waals surface area (Å²) in [5, 5.41) is 0. The van der Waals surface area contributed by atoms with Crippen molar-refractivity contribution < 1.29 is 4.79 Å². The second-order valence-corrected chi connectivity index (χ2v) is 5.92. The standard InChI is InChI=1S/C14H18N2OS/c1-10-8-16(9-11(10)2)14(17)13-6-5-12(18-13)4-3-7-15/h5-6,10-11H,7-9,15H2,1-2H3. The first-order valence-corrected chi connectivity index (χ1v) is 7.01. The average Bonchev–Trinajstić information content (AvgIpc) is 2.94. The molecule has 2 N–H and O–H groups in total. The van der Waals surface area contributed by atoms with Gasteiger partial charge in [-0.3, -0.25) is 4.79 Å². The molecule has 1 aliphatic heterocycles. The molecular weight excluding hydrogens is 244 g/mol. The van der Waals surface area contributed by atoms with E-state index in [4.69, 9.17) is 5.73 Å². The molecule has 0 saturated carbocycles.